The van der Waals surface area contributed by atoms with E-state index in [4.69, 9.17) is 4.74 Å². The van der Waals surface area contributed by atoms with Crippen molar-refractivity contribution >= 4 is 30.1 Å². The molecular weight excluding hydrogens is 308 g/mol. The minimum Gasteiger partial charge on any atom is -0.368 e. The van der Waals surface area contributed by atoms with Gasteiger partial charge in [0.1, 0.15) is 5.60 Å². The molecule has 2 N–H and O–H groups in total. The predicted octanol–water partition coefficient (Wildman–Crippen LogP) is 2.09. The molecule has 1 aromatic carbocycles. The summed E-state index contributed by atoms with van der Waals surface area (Å²) >= 11 is 1.75. The van der Waals surface area contributed by atoms with Crippen LogP contribution in [0, 0.1) is 0 Å². The molecular formula is C15H23ClN2O2S. The Morgan fingerprint density at radius 2 is 2.00 bits per heavy atom. The summed E-state index contributed by atoms with van der Waals surface area (Å²) in [5.74, 6) is 0.892. The molecule has 0 bridgehead atoms. The highest BCUT2D eigenvalue weighted by Gasteiger charge is 2.39. The van der Waals surface area contributed by atoms with Gasteiger partial charge in [0, 0.05) is 24.3 Å². The number of piperidine rings is 1. The molecule has 4 nitrogen and oxygen atoms in total. The van der Waals surface area contributed by atoms with Gasteiger partial charge in [-0.25, -0.2) is 0 Å². The average molecular weight is 331 g/mol. The molecule has 0 saturated carbocycles. The zero-order valence-corrected chi connectivity index (χ0v) is 13.9. The van der Waals surface area contributed by atoms with E-state index in [1.165, 1.54) is 4.90 Å². The molecule has 0 atom stereocenters. The minimum absolute atomic E-state index is 0. The van der Waals surface area contributed by atoms with Gasteiger partial charge in [0.2, 0.25) is 0 Å². The van der Waals surface area contributed by atoms with Gasteiger partial charge in [0.15, 0.2) is 0 Å². The van der Waals surface area contributed by atoms with E-state index in [2.05, 4.69) is 22.8 Å². The van der Waals surface area contributed by atoms with Crippen molar-refractivity contribution in [2.75, 3.05) is 32.5 Å². The van der Waals surface area contributed by atoms with Crippen LogP contribution in [-0.4, -0.2) is 44.0 Å². The summed E-state index contributed by atoms with van der Waals surface area (Å²) in [4.78, 5) is 13.5. The fourth-order valence-electron chi connectivity index (χ4n) is 2.37. The van der Waals surface area contributed by atoms with Gasteiger partial charge in [0.25, 0.3) is 5.91 Å². The number of thioether (sulfide) groups is 1. The van der Waals surface area contributed by atoms with E-state index < -0.39 is 5.60 Å². The monoisotopic (exact) mass is 330 g/mol. The molecule has 0 spiro atoms. The maximum Gasteiger partial charge on any atom is 0.252 e. The fourth-order valence-corrected chi connectivity index (χ4v) is 3.16. The first-order chi connectivity index (χ1) is 9.77. The lowest BCUT2D eigenvalue weighted by Gasteiger charge is -2.34. The first-order valence-electron chi connectivity index (χ1n) is 6.99. The Morgan fingerprint density at radius 1 is 1.33 bits per heavy atom. The van der Waals surface area contributed by atoms with E-state index in [9.17, 15) is 4.79 Å². The third kappa shape index (κ3) is 5.18. The molecule has 118 valence electrons. The lowest BCUT2D eigenvalue weighted by Crippen LogP contribution is -2.54. The number of hydrogen-bond acceptors (Lipinski definition) is 4. The Labute approximate surface area is 136 Å². The molecule has 1 amide bonds. The van der Waals surface area contributed by atoms with E-state index in [1.807, 2.05) is 18.2 Å². The topological polar surface area (TPSA) is 50.4 Å². The van der Waals surface area contributed by atoms with Crippen molar-refractivity contribution in [3.63, 3.8) is 0 Å². The van der Waals surface area contributed by atoms with Gasteiger partial charge in [-0.1, -0.05) is 18.2 Å². The number of ether oxygens (including phenoxy) is 1. The van der Waals surface area contributed by atoms with Crippen molar-refractivity contribution in [1.82, 2.24) is 10.6 Å². The normalized spacial score (nSPS) is 16.8. The number of amides is 1. The molecule has 1 saturated heterocycles. The molecule has 0 aliphatic carbocycles. The standard InChI is InChI=1S/C15H22N2O2S.ClH/c1-19-15(7-9-16-10-8-15)14(18)17-11-12-20-13-5-3-2-4-6-13;/h2-6,16H,7-12H2,1H3,(H,17,18);1H. The largest absolute Gasteiger partial charge is 0.368 e. The second kappa shape index (κ2) is 9.30. The number of rotatable bonds is 6. The second-order valence-corrected chi connectivity index (χ2v) is 6.03. The number of nitrogens with one attached hydrogen (secondary N) is 2. The molecule has 0 radical (unpaired) electrons. The molecule has 21 heavy (non-hydrogen) atoms. The molecule has 1 heterocycles. The molecule has 0 aromatic heterocycles. The lowest BCUT2D eigenvalue weighted by atomic mass is 9.91. The molecule has 6 heteroatoms. The van der Waals surface area contributed by atoms with Crippen molar-refractivity contribution in [3.8, 4) is 0 Å². The van der Waals surface area contributed by atoms with Gasteiger partial charge in [0.05, 0.1) is 0 Å². The van der Waals surface area contributed by atoms with Crippen molar-refractivity contribution < 1.29 is 9.53 Å². The summed E-state index contributed by atoms with van der Waals surface area (Å²) < 4.78 is 5.50. The number of hydrogen-bond donors (Lipinski definition) is 2. The lowest BCUT2D eigenvalue weighted by molar-refractivity contribution is -0.146. The summed E-state index contributed by atoms with van der Waals surface area (Å²) in [5.41, 5.74) is -0.636. The van der Waals surface area contributed by atoms with Crippen LogP contribution in [0.25, 0.3) is 0 Å². The van der Waals surface area contributed by atoms with Gasteiger partial charge >= 0.3 is 0 Å². The summed E-state index contributed by atoms with van der Waals surface area (Å²) in [6, 6.07) is 10.2. The van der Waals surface area contributed by atoms with E-state index in [0.717, 1.165) is 31.7 Å². The SMILES string of the molecule is COC1(C(=O)NCCSc2ccccc2)CCNCC1.Cl. The van der Waals surface area contributed by atoms with Crippen LogP contribution < -0.4 is 10.6 Å². The zero-order valence-electron chi connectivity index (χ0n) is 12.3. The summed E-state index contributed by atoms with van der Waals surface area (Å²) in [6.07, 6.45) is 1.47. The average Bonchev–Trinajstić information content (AvgIpc) is 2.53. The van der Waals surface area contributed by atoms with Crippen LogP contribution in [0.2, 0.25) is 0 Å². The van der Waals surface area contributed by atoms with Crippen LogP contribution in [-0.2, 0) is 9.53 Å². The maximum atomic E-state index is 12.3. The molecule has 2 rings (SSSR count). The number of carbonyl (C=O) groups is 1. The van der Waals surface area contributed by atoms with E-state index in [1.54, 1.807) is 18.9 Å². The molecule has 1 aromatic rings. The number of methoxy groups -OCH3 is 1. The van der Waals surface area contributed by atoms with E-state index in [0.29, 0.717) is 6.54 Å². The summed E-state index contributed by atoms with van der Waals surface area (Å²) in [6.45, 7) is 2.33. The van der Waals surface area contributed by atoms with E-state index >= 15 is 0 Å². The van der Waals surface area contributed by atoms with Gasteiger partial charge in [-0.2, -0.15) is 0 Å². The molecule has 1 aliphatic heterocycles. The Morgan fingerprint density at radius 3 is 2.62 bits per heavy atom. The smallest absolute Gasteiger partial charge is 0.252 e. The first-order valence-corrected chi connectivity index (χ1v) is 7.97. The van der Waals surface area contributed by atoms with Crippen molar-refractivity contribution in [2.24, 2.45) is 0 Å². The van der Waals surface area contributed by atoms with Crippen LogP contribution in [0.3, 0.4) is 0 Å². The van der Waals surface area contributed by atoms with Gasteiger partial charge in [-0.05, 0) is 38.1 Å². The Kier molecular flexibility index (Phi) is 8.11. The highest BCUT2D eigenvalue weighted by atomic mass is 35.5. The Hall–Kier alpha value is -0.750. The van der Waals surface area contributed by atoms with Gasteiger partial charge in [-0.3, -0.25) is 4.79 Å². The van der Waals surface area contributed by atoms with Crippen molar-refractivity contribution in [3.05, 3.63) is 30.3 Å². The Bertz CT molecular complexity index is 425. The van der Waals surface area contributed by atoms with E-state index in [-0.39, 0.29) is 18.3 Å². The molecule has 1 aliphatic rings. The van der Waals surface area contributed by atoms with Crippen LogP contribution in [0.4, 0.5) is 0 Å². The third-order valence-corrected chi connectivity index (χ3v) is 4.63. The fraction of sp³-hybridized carbons (Fsp3) is 0.533. The van der Waals surface area contributed by atoms with Crippen LogP contribution >= 0.6 is 24.2 Å². The second-order valence-electron chi connectivity index (χ2n) is 4.87. The van der Waals surface area contributed by atoms with Crippen LogP contribution in [0.15, 0.2) is 35.2 Å². The minimum atomic E-state index is -0.636. The van der Waals surface area contributed by atoms with Crippen molar-refractivity contribution in [2.45, 2.75) is 23.3 Å². The maximum absolute atomic E-state index is 12.3. The molecule has 0 unspecified atom stereocenters. The number of benzene rings is 1. The zero-order chi connectivity index (χ0) is 14.3. The Balaban J connectivity index is 0.00000220. The van der Waals surface area contributed by atoms with Crippen molar-refractivity contribution in [1.29, 1.82) is 0 Å². The number of carbonyl (C=O) groups excluding carboxylic acids is 1. The van der Waals surface area contributed by atoms with Gasteiger partial charge < -0.3 is 15.4 Å². The predicted molar refractivity (Wildman–Crippen MR) is 89.3 cm³/mol. The van der Waals surface area contributed by atoms with Crippen LogP contribution in [0.5, 0.6) is 0 Å². The summed E-state index contributed by atoms with van der Waals surface area (Å²) in [7, 11) is 1.63. The third-order valence-electron chi connectivity index (χ3n) is 3.62. The summed E-state index contributed by atoms with van der Waals surface area (Å²) in [5, 5.41) is 6.26. The molecule has 1 fully saturated rings. The number of halogens is 1. The van der Waals surface area contributed by atoms with Crippen LogP contribution in [0.1, 0.15) is 12.8 Å². The highest BCUT2D eigenvalue weighted by molar-refractivity contribution is 7.99. The first kappa shape index (κ1) is 18.3. The quantitative estimate of drug-likeness (QED) is 0.619. The highest BCUT2D eigenvalue weighted by Crippen LogP contribution is 2.22. The van der Waals surface area contributed by atoms with Gasteiger partial charge in [-0.15, -0.1) is 24.2 Å².